The molecule has 0 saturated carbocycles. The summed E-state index contributed by atoms with van der Waals surface area (Å²) in [7, 11) is 1.78. The van der Waals surface area contributed by atoms with Crippen LogP contribution in [0.5, 0.6) is 0 Å². The number of rotatable bonds is 2. The van der Waals surface area contributed by atoms with Crippen molar-refractivity contribution in [3.05, 3.63) is 41.0 Å². The van der Waals surface area contributed by atoms with Crippen LogP contribution in [0.15, 0.2) is 30.5 Å². The fourth-order valence-corrected chi connectivity index (χ4v) is 1.71. The molecule has 1 aromatic heterocycles. The van der Waals surface area contributed by atoms with E-state index in [2.05, 4.69) is 5.10 Å². The molecule has 16 heavy (non-hydrogen) atoms. The maximum Gasteiger partial charge on any atom is 0.335 e. The summed E-state index contributed by atoms with van der Waals surface area (Å²) in [6.45, 7) is 0. The van der Waals surface area contributed by atoms with E-state index in [1.54, 1.807) is 36.1 Å². The Labute approximate surface area is 97.1 Å². The molecule has 5 heteroatoms. The standard InChI is InChI=1S/C11H9ClN2O2/c1-14-10(4-5-13-14)8-6-7(11(15)16)2-3-9(8)12/h2-6H,1H3,(H,15,16). The van der Waals surface area contributed by atoms with Gasteiger partial charge in [0.2, 0.25) is 0 Å². The van der Waals surface area contributed by atoms with E-state index in [-0.39, 0.29) is 5.56 Å². The second kappa shape index (κ2) is 3.98. The highest BCUT2D eigenvalue weighted by Gasteiger charge is 2.11. The van der Waals surface area contributed by atoms with Gasteiger partial charge < -0.3 is 5.11 Å². The molecule has 0 fully saturated rings. The smallest absolute Gasteiger partial charge is 0.335 e. The van der Waals surface area contributed by atoms with Crippen LogP contribution in [0, 0.1) is 0 Å². The Morgan fingerprint density at radius 2 is 2.19 bits per heavy atom. The minimum atomic E-state index is -0.972. The third kappa shape index (κ3) is 1.79. The van der Waals surface area contributed by atoms with Gasteiger partial charge in [-0.3, -0.25) is 4.68 Å². The Morgan fingerprint density at radius 3 is 2.75 bits per heavy atom. The maximum absolute atomic E-state index is 10.9. The highest BCUT2D eigenvalue weighted by atomic mass is 35.5. The molecule has 0 aliphatic rings. The molecule has 1 aromatic carbocycles. The van der Waals surface area contributed by atoms with Gasteiger partial charge in [0, 0.05) is 23.8 Å². The molecule has 0 saturated heterocycles. The summed E-state index contributed by atoms with van der Waals surface area (Å²) < 4.78 is 1.65. The average molecular weight is 237 g/mol. The van der Waals surface area contributed by atoms with Gasteiger partial charge in [-0.2, -0.15) is 5.10 Å². The van der Waals surface area contributed by atoms with Gasteiger partial charge in [-0.15, -0.1) is 0 Å². The van der Waals surface area contributed by atoms with Crippen molar-refractivity contribution in [1.82, 2.24) is 9.78 Å². The molecule has 2 rings (SSSR count). The zero-order chi connectivity index (χ0) is 11.7. The van der Waals surface area contributed by atoms with Crippen LogP contribution in [0.3, 0.4) is 0 Å². The molecule has 2 aromatic rings. The number of hydrogen-bond donors (Lipinski definition) is 1. The van der Waals surface area contributed by atoms with E-state index in [1.807, 2.05) is 0 Å². The predicted molar refractivity (Wildman–Crippen MR) is 60.6 cm³/mol. The fourth-order valence-electron chi connectivity index (χ4n) is 1.49. The second-order valence-corrected chi connectivity index (χ2v) is 3.75. The number of aromatic nitrogens is 2. The molecule has 82 valence electrons. The van der Waals surface area contributed by atoms with Crippen LogP contribution in [0.25, 0.3) is 11.3 Å². The Morgan fingerprint density at radius 1 is 1.44 bits per heavy atom. The number of aryl methyl sites for hydroxylation is 1. The van der Waals surface area contributed by atoms with Gasteiger partial charge in [0.1, 0.15) is 0 Å². The second-order valence-electron chi connectivity index (χ2n) is 3.34. The quantitative estimate of drug-likeness (QED) is 0.871. The van der Waals surface area contributed by atoms with E-state index in [9.17, 15) is 4.79 Å². The van der Waals surface area contributed by atoms with Gasteiger partial charge in [0.25, 0.3) is 0 Å². The first-order chi connectivity index (χ1) is 7.59. The zero-order valence-electron chi connectivity index (χ0n) is 8.51. The predicted octanol–water partition coefficient (Wildman–Crippen LogP) is 2.44. The number of halogens is 1. The van der Waals surface area contributed by atoms with Crippen molar-refractivity contribution in [2.24, 2.45) is 7.05 Å². The van der Waals surface area contributed by atoms with Crippen LogP contribution in [-0.2, 0) is 7.05 Å². The van der Waals surface area contributed by atoms with Gasteiger partial charge in [0.15, 0.2) is 0 Å². The van der Waals surface area contributed by atoms with Crippen molar-refractivity contribution >= 4 is 17.6 Å². The summed E-state index contributed by atoms with van der Waals surface area (Å²) in [5.41, 5.74) is 1.66. The number of hydrogen-bond acceptors (Lipinski definition) is 2. The molecule has 4 nitrogen and oxygen atoms in total. The van der Waals surface area contributed by atoms with Gasteiger partial charge in [-0.25, -0.2) is 4.79 Å². The Hall–Kier alpha value is -1.81. The molecule has 0 radical (unpaired) electrons. The molecule has 0 atom stereocenters. The molecule has 1 N–H and O–H groups in total. The first-order valence-corrected chi connectivity index (χ1v) is 4.98. The van der Waals surface area contributed by atoms with Crippen LogP contribution in [0.4, 0.5) is 0 Å². The van der Waals surface area contributed by atoms with Gasteiger partial charge in [-0.05, 0) is 24.3 Å². The summed E-state index contributed by atoms with van der Waals surface area (Å²) in [4.78, 5) is 10.9. The highest BCUT2D eigenvalue weighted by molar-refractivity contribution is 6.33. The van der Waals surface area contributed by atoms with Gasteiger partial charge in [-0.1, -0.05) is 11.6 Å². The lowest BCUT2D eigenvalue weighted by Crippen LogP contribution is -1.98. The first kappa shape index (κ1) is 10.7. The van der Waals surface area contributed by atoms with Crippen molar-refractivity contribution in [1.29, 1.82) is 0 Å². The van der Waals surface area contributed by atoms with Gasteiger partial charge in [0.05, 0.1) is 11.3 Å². The van der Waals surface area contributed by atoms with E-state index < -0.39 is 5.97 Å². The molecule has 0 bridgehead atoms. The minimum absolute atomic E-state index is 0.209. The summed E-state index contributed by atoms with van der Waals surface area (Å²) in [5.74, 6) is -0.972. The number of carboxylic acids is 1. The van der Waals surface area contributed by atoms with Crippen molar-refractivity contribution in [2.45, 2.75) is 0 Å². The topological polar surface area (TPSA) is 55.1 Å². The normalized spacial score (nSPS) is 10.4. The van der Waals surface area contributed by atoms with Crippen LogP contribution in [0.1, 0.15) is 10.4 Å². The molecular weight excluding hydrogens is 228 g/mol. The zero-order valence-corrected chi connectivity index (χ0v) is 9.27. The van der Waals surface area contributed by atoms with Gasteiger partial charge >= 0.3 is 5.97 Å². The van der Waals surface area contributed by atoms with Crippen molar-refractivity contribution < 1.29 is 9.90 Å². The molecular formula is C11H9ClN2O2. The minimum Gasteiger partial charge on any atom is -0.478 e. The van der Waals surface area contributed by atoms with Crippen molar-refractivity contribution in [3.63, 3.8) is 0 Å². The van der Waals surface area contributed by atoms with Crippen LogP contribution in [0.2, 0.25) is 5.02 Å². The van der Waals surface area contributed by atoms with E-state index in [0.717, 1.165) is 5.69 Å². The summed E-state index contributed by atoms with van der Waals surface area (Å²) in [5, 5.41) is 13.4. The largest absolute Gasteiger partial charge is 0.478 e. The average Bonchev–Trinajstić information content (AvgIpc) is 2.65. The summed E-state index contributed by atoms with van der Waals surface area (Å²) in [6.07, 6.45) is 1.64. The monoisotopic (exact) mass is 236 g/mol. The van der Waals surface area contributed by atoms with Crippen molar-refractivity contribution in [3.8, 4) is 11.3 Å². The van der Waals surface area contributed by atoms with Crippen LogP contribution < -0.4 is 0 Å². The third-order valence-corrected chi connectivity index (χ3v) is 2.64. The summed E-state index contributed by atoms with van der Waals surface area (Å²) >= 11 is 6.03. The summed E-state index contributed by atoms with van der Waals surface area (Å²) in [6, 6.07) is 6.38. The molecule has 0 spiro atoms. The number of carboxylic acid groups (broad SMARTS) is 1. The maximum atomic E-state index is 10.9. The molecule has 0 aliphatic carbocycles. The van der Waals surface area contributed by atoms with Crippen LogP contribution in [-0.4, -0.2) is 20.9 Å². The first-order valence-electron chi connectivity index (χ1n) is 4.61. The molecule has 0 aliphatic heterocycles. The molecule has 0 amide bonds. The van der Waals surface area contributed by atoms with E-state index >= 15 is 0 Å². The molecule has 0 unspecified atom stereocenters. The Kier molecular flexibility index (Phi) is 2.66. The van der Waals surface area contributed by atoms with E-state index in [0.29, 0.717) is 10.6 Å². The van der Waals surface area contributed by atoms with Crippen LogP contribution >= 0.6 is 11.6 Å². The lowest BCUT2D eigenvalue weighted by atomic mass is 10.1. The fraction of sp³-hybridized carbons (Fsp3) is 0.0909. The number of carbonyl (C=O) groups is 1. The van der Waals surface area contributed by atoms with E-state index in [1.165, 1.54) is 6.07 Å². The lowest BCUT2D eigenvalue weighted by molar-refractivity contribution is 0.0697. The lowest BCUT2D eigenvalue weighted by Gasteiger charge is -2.05. The Bertz CT molecular complexity index is 549. The third-order valence-electron chi connectivity index (χ3n) is 2.31. The SMILES string of the molecule is Cn1nccc1-c1cc(C(=O)O)ccc1Cl. The number of aromatic carboxylic acids is 1. The van der Waals surface area contributed by atoms with Crippen molar-refractivity contribution in [2.75, 3.05) is 0 Å². The number of nitrogens with zero attached hydrogens (tertiary/aromatic N) is 2. The molecule has 1 heterocycles. The van der Waals surface area contributed by atoms with E-state index in [4.69, 9.17) is 16.7 Å². The Balaban J connectivity index is 2.60. The highest BCUT2D eigenvalue weighted by Crippen LogP contribution is 2.28. The number of benzene rings is 1.